The first kappa shape index (κ1) is 18.3. The number of alkyl carbamates (subject to hydrolysis) is 1. The van der Waals surface area contributed by atoms with E-state index in [0.717, 1.165) is 17.7 Å². The lowest BCUT2D eigenvalue weighted by Crippen LogP contribution is -2.38. The second kappa shape index (κ2) is 6.81. The Morgan fingerprint density at radius 1 is 1.48 bits per heavy atom. The molecular weight excluding hydrogens is 383 g/mol. The molecule has 0 saturated heterocycles. The van der Waals surface area contributed by atoms with Crippen LogP contribution in [0.4, 0.5) is 9.18 Å². The predicted molar refractivity (Wildman–Crippen MR) is 95.3 cm³/mol. The van der Waals surface area contributed by atoms with Crippen LogP contribution in [0.25, 0.3) is 0 Å². The van der Waals surface area contributed by atoms with Gasteiger partial charge < -0.3 is 4.74 Å². The van der Waals surface area contributed by atoms with Crippen LogP contribution in [-0.2, 0) is 10.3 Å². The van der Waals surface area contributed by atoms with Crippen molar-refractivity contribution in [2.24, 2.45) is 4.99 Å². The van der Waals surface area contributed by atoms with Crippen molar-refractivity contribution in [3.8, 4) is 0 Å². The molecule has 1 aromatic carbocycles. The maximum atomic E-state index is 13.4. The molecule has 1 amide bonds. The first-order valence-electron chi connectivity index (χ1n) is 7.27. The third-order valence-corrected chi connectivity index (χ3v) is 4.81. The standard InChI is InChI=1S/C16H20BrFN2O2S/c1-15(2,3)22-14(21)19-13-20-16(4,7-8-23-13)10-5-6-12(18)11(17)9-10/h5-6,9H,7-8H2,1-4H3,(H,19,20,21). The molecule has 1 atom stereocenters. The van der Waals surface area contributed by atoms with E-state index in [-0.39, 0.29) is 5.82 Å². The summed E-state index contributed by atoms with van der Waals surface area (Å²) < 4.78 is 19.1. The third kappa shape index (κ3) is 4.94. The van der Waals surface area contributed by atoms with Crippen LogP contribution in [0.5, 0.6) is 0 Å². The number of nitrogens with zero attached hydrogens (tertiary/aromatic N) is 1. The zero-order valence-electron chi connectivity index (χ0n) is 13.6. The van der Waals surface area contributed by atoms with Crippen LogP contribution in [0.15, 0.2) is 27.7 Å². The van der Waals surface area contributed by atoms with Crippen LogP contribution in [0.3, 0.4) is 0 Å². The Kier molecular flexibility index (Phi) is 5.41. The molecule has 1 heterocycles. The second-order valence-electron chi connectivity index (χ2n) is 6.55. The minimum atomic E-state index is -0.560. The van der Waals surface area contributed by atoms with E-state index in [1.807, 2.05) is 27.7 Å². The number of rotatable bonds is 1. The van der Waals surface area contributed by atoms with Gasteiger partial charge in [-0.25, -0.2) is 9.18 Å². The zero-order chi connectivity index (χ0) is 17.3. The summed E-state index contributed by atoms with van der Waals surface area (Å²) in [5, 5.41) is 3.21. The Hall–Kier alpha value is -1.08. The predicted octanol–water partition coefficient (Wildman–Crippen LogP) is 4.82. The molecule has 0 bridgehead atoms. The first-order valence-corrected chi connectivity index (χ1v) is 9.05. The van der Waals surface area contributed by atoms with Gasteiger partial charge in [-0.1, -0.05) is 17.8 Å². The van der Waals surface area contributed by atoms with Gasteiger partial charge in [0.15, 0.2) is 5.17 Å². The average molecular weight is 403 g/mol. The molecule has 0 spiro atoms. The number of nitrogens with one attached hydrogen (secondary N) is 1. The van der Waals surface area contributed by atoms with Crippen molar-refractivity contribution in [2.75, 3.05) is 5.75 Å². The SMILES string of the molecule is CC(C)(C)OC(=O)NC1=NC(C)(c2ccc(F)c(Br)c2)CCS1. The summed E-state index contributed by atoms with van der Waals surface area (Å²) in [6.07, 6.45) is 0.281. The van der Waals surface area contributed by atoms with E-state index in [1.165, 1.54) is 17.8 Å². The van der Waals surface area contributed by atoms with Crippen molar-refractivity contribution in [1.29, 1.82) is 0 Å². The molecule has 1 aliphatic heterocycles. The lowest BCUT2D eigenvalue weighted by atomic mass is 9.90. The Morgan fingerprint density at radius 3 is 2.78 bits per heavy atom. The highest BCUT2D eigenvalue weighted by molar-refractivity contribution is 9.10. The van der Waals surface area contributed by atoms with E-state index in [2.05, 4.69) is 26.2 Å². The van der Waals surface area contributed by atoms with Crippen LogP contribution in [-0.4, -0.2) is 22.6 Å². The largest absolute Gasteiger partial charge is 0.444 e. The van der Waals surface area contributed by atoms with E-state index in [1.54, 1.807) is 12.1 Å². The van der Waals surface area contributed by atoms with Crippen LogP contribution >= 0.6 is 27.7 Å². The van der Waals surface area contributed by atoms with Crippen LogP contribution in [0.1, 0.15) is 39.7 Å². The molecule has 0 saturated carbocycles. The minimum Gasteiger partial charge on any atom is -0.444 e. The number of thioether (sulfide) groups is 1. The number of benzene rings is 1. The highest BCUT2D eigenvalue weighted by Gasteiger charge is 2.31. The smallest absolute Gasteiger partial charge is 0.413 e. The normalized spacial score (nSPS) is 21.6. The maximum absolute atomic E-state index is 13.4. The van der Waals surface area contributed by atoms with Crippen LogP contribution < -0.4 is 5.32 Å². The topological polar surface area (TPSA) is 50.7 Å². The molecule has 1 aromatic rings. The Labute approximate surface area is 148 Å². The summed E-state index contributed by atoms with van der Waals surface area (Å²) in [5.74, 6) is 0.499. The number of ether oxygens (including phenoxy) is 1. The molecule has 2 rings (SSSR count). The van der Waals surface area contributed by atoms with Gasteiger partial charge in [-0.15, -0.1) is 0 Å². The third-order valence-electron chi connectivity index (χ3n) is 3.33. The molecule has 1 aliphatic rings. The van der Waals surface area contributed by atoms with Crippen molar-refractivity contribution >= 4 is 39.0 Å². The number of amides is 1. The van der Waals surface area contributed by atoms with Crippen molar-refractivity contribution in [3.63, 3.8) is 0 Å². The second-order valence-corrected chi connectivity index (χ2v) is 8.48. The summed E-state index contributed by atoms with van der Waals surface area (Å²) in [4.78, 5) is 16.5. The van der Waals surface area contributed by atoms with E-state index < -0.39 is 17.2 Å². The van der Waals surface area contributed by atoms with Gasteiger partial charge in [-0.2, -0.15) is 0 Å². The number of halogens is 2. The number of carbonyl (C=O) groups is 1. The summed E-state index contributed by atoms with van der Waals surface area (Å²) in [5.41, 5.74) is -0.171. The van der Waals surface area contributed by atoms with Gasteiger partial charge in [-0.3, -0.25) is 10.3 Å². The quantitative estimate of drug-likeness (QED) is 0.732. The molecule has 7 heteroatoms. The van der Waals surface area contributed by atoms with Crippen LogP contribution in [0.2, 0.25) is 0 Å². The summed E-state index contributed by atoms with van der Waals surface area (Å²) >= 11 is 4.68. The number of hydrogen-bond acceptors (Lipinski definition) is 4. The van der Waals surface area contributed by atoms with E-state index in [0.29, 0.717) is 9.64 Å². The van der Waals surface area contributed by atoms with E-state index >= 15 is 0 Å². The van der Waals surface area contributed by atoms with Gasteiger partial charge >= 0.3 is 6.09 Å². The molecule has 0 fully saturated rings. The van der Waals surface area contributed by atoms with E-state index in [9.17, 15) is 9.18 Å². The summed E-state index contributed by atoms with van der Waals surface area (Å²) in [7, 11) is 0. The Balaban J connectivity index is 2.20. The minimum absolute atomic E-state index is 0.307. The van der Waals surface area contributed by atoms with Crippen LogP contribution in [0, 0.1) is 5.82 Å². The fraction of sp³-hybridized carbons (Fsp3) is 0.500. The molecule has 0 radical (unpaired) electrons. The summed E-state index contributed by atoms with van der Waals surface area (Å²) in [6.45, 7) is 7.40. The Bertz CT molecular complexity index is 645. The Morgan fingerprint density at radius 2 is 2.17 bits per heavy atom. The number of aliphatic imine (C=N–C) groups is 1. The van der Waals surface area contributed by atoms with Gasteiger partial charge in [0.05, 0.1) is 10.0 Å². The molecule has 126 valence electrons. The molecule has 23 heavy (non-hydrogen) atoms. The highest BCUT2D eigenvalue weighted by atomic mass is 79.9. The van der Waals surface area contributed by atoms with Crippen molar-refractivity contribution in [3.05, 3.63) is 34.1 Å². The first-order chi connectivity index (χ1) is 10.6. The highest BCUT2D eigenvalue weighted by Crippen LogP contribution is 2.36. The van der Waals surface area contributed by atoms with Gasteiger partial charge in [0.1, 0.15) is 11.4 Å². The molecule has 4 nitrogen and oxygen atoms in total. The van der Waals surface area contributed by atoms with Crippen molar-refractivity contribution in [2.45, 2.75) is 45.3 Å². The monoisotopic (exact) mass is 402 g/mol. The fourth-order valence-corrected chi connectivity index (χ4v) is 3.65. The number of hydrogen-bond donors (Lipinski definition) is 1. The molecule has 1 unspecified atom stereocenters. The van der Waals surface area contributed by atoms with E-state index in [4.69, 9.17) is 4.74 Å². The zero-order valence-corrected chi connectivity index (χ0v) is 16.0. The average Bonchev–Trinajstić information content (AvgIpc) is 2.39. The van der Waals surface area contributed by atoms with Gasteiger partial charge in [0, 0.05) is 5.75 Å². The van der Waals surface area contributed by atoms with Gasteiger partial charge in [-0.05, 0) is 67.7 Å². The number of carbonyl (C=O) groups excluding carboxylic acids is 1. The van der Waals surface area contributed by atoms with Gasteiger partial charge in [0.2, 0.25) is 0 Å². The molecule has 0 aliphatic carbocycles. The lowest BCUT2D eigenvalue weighted by molar-refractivity contribution is 0.0564. The number of amidine groups is 1. The maximum Gasteiger partial charge on any atom is 0.413 e. The fourth-order valence-electron chi connectivity index (χ4n) is 2.15. The lowest BCUT2D eigenvalue weighted by Gasteiger charge is -2.31. The van der Waals surface area contributed by atoms with Gasteiger partial charge in [0.25, 0.3) is 0 Å². The van der Waals surface area contributed by atoms with Crippen molar-refractivity contribution < 1.29 is 13.9 Å². The summed E-state index contributed by atoms with van der Waals surface area (Å²) in [6, 6.07) is 4.88. The van der Waals surface area contributed by atoms with Crippen molar-refractivity contribution in [1.82, 2.24) is 5.32 Å². The molecular formula is C16H20BrFN2O2S. The molecule has 0 aromatic heterocycles. The molecule has 1 N–H and O–H groups in total.